The average molecular weight is 298 g/mol. The first-order valence-electron chi connectivity index (χ1n) is 6.79. The van der Waals surface area contributed by atoms with E-state index in [0.29, 0.717) is 17.6 Å². The van der Waals surface area contributed by atoms with Crippen molar-refractivity contribution in [2.75, 3.05) is 0 Å². The molecule has 3 rings (SSSR count). The molecular formula is C16H14N2O4. The number of nitro benzene ring substituents is 1. The summed E-state index contributed by atoms with van der Waals surface area (Å²) in [4.78, 5) is 22.4. The molecule has 0 bridgehead atoms. The molecule has 0 radical (unpaired) electrons. The molecule has 112 valence electrons. The Bertz CT molecular complexity index is 917. The second-order valence-electron chi connectivity index (χ2n) is 5.36. The topological polar surface area (TPSA) is 78.3 Å². The molecule has 0 spiro atoms. The molecular weight excluding hydrogens is 284 g/mol. The van der Waals surface area contributed by atoms with Crippen LogP contribution in [0.25, 0.3) is 11.1 Å². The first-order valence-corrected chi connectivity index (χ1v) is 6.79. The monoisotopic (exact) mass is 298 g/mol. The first-order chi connectivity index (χ1) is 10.4. The van der Waals surface area contributed by atoms with E-state index in [0.717, 1.165) is 16.7 Å². The fourth-order valence-electron chi connectivity index (χ4n) is 2.66. The molecule has 1 heterocycles. The standard InChI is InChI=1S/C16H14N2O4/c1-10-5-11(2)7-12(6-10)9-17-14-8-13(18(20)21)3-4-15(14)22-16(17)19/h3-8H,9H2,1-2H3. The van der Waals surface area contributed by atoms with Crippen molar-refractivity contribution < 1.29 is 9.34 Å². The van der Waals surface area contributed by atoms with E-state index in [4.69, 9.17) is 4.42 Å². The maximum atomic E-state index is 12.0. The highest BCUT2D eigenvalue weighted by Gasteiger charge is 2.14. The fraction of sp³-hybridized carbons (Fsp3) is 0.188. The molecule has 6 nitrogen and oxygen atoms in total. The van der Waals surface area contributed by atoms with Gasteiger partial charge in [-0.3, -0.25) is 14.7 Å². The molecule has 0 fully saturated rings. The zero-order chi connectivity index (χ0) is 15.9. The van der Waals surface area contributed by atoms with Crippen molar-refractivity contribution in [3.05, 3.63) is 73.8 Å². The van der Waals surface area contributed by atoms with Crippen LogP contribution in [0.3, 0.4) is 0 Å². The Balaban J connectivity index is 2.13. The molecule has 0 atom stereocenters. The second kappa shape index (κ2) is 5.14. The summed E-state index contributed by atoms with van der Waals surface area (Å²) < 4.78 is 6.56. The Morgan fingerprint density at radius 2 is 1.82 bits per heavy atom. The lowest BCUT2D eigenvalue weighted by Gasteiger charge is -2.06. The summed E-state index contributed by atoms with van der Waals surface area (Å²) in [5.74, 6) is -0.519. The lowest BCUT2D eigenvalue weighted by Crippen LogP contribution is -2.15. The third-order valence-corrected chi connectivity index (χ3v) is 3.48. The molecule has 6 heteroatoms. The zero-order valence-electron chi connectivity index (χ0n) is 12.2. The van der Waals surface area contributed by atoms with Gasteiger partial charge in [-0.1, -0.05) is 29.3 Å². The van der Waals surface area contributed by atoms with E-state index >= 15 is 0 Å². The van der Waals surface area contributed by atoms with Crippen molar-refractivity contribution in [2.24, 2.45) is 0 Å². The largest absolute Gasteiger partial charge is 0.420 e. The highest BCUT2D eigenvalue weighted by atomic mass is 16.6. The fourth-order valence-corrected chi connectivity index (χ4v) is 2.66. The minimum Gasteiger partial charge on any atom is -0.408 e. The van der Waals surface area contributed by atoms with Gasteiger partial charge in [0.25, 0.3) is 5.69 Å². The lowest BCUT2D eigenvalue weighted by atomic mass is 10.1. The third kappa shape index (κ3) is 2.50. The molecule has 0 unspecified atom stereocenters. The van der Waals surface area contributed by atoms with Crippen LogP contribution in [-0.4, -0.2) is 9.49 Å². The van der Waals surface area contributed by atoms with Crippen molar-refractivity contribution in [1.29, 1.82) is 0 Å². The van der Waals surface area contributed by atoms with Gasteiger partial charge < -0.3 is 4.42 Å². The lowest BCUT2D eigenvalue weighted by molar-refractivity contribution is -0.384. The van der Waals surface area contributed by atoms with Gasteiger partial charge in [-0.05, 0) is 25.5 Å². The summed E-state index contributed by atoms with van der Waals surface area (Å²) >= 11 is 0. The van der Waals surface area contributed by atoms with Crippen LogP contribution in [0.4, 0.5) is 5.69 Å². The molecule has 0 aliphatic heterocycles. The van der Waals surface area contributed by atoms with E-state index in [9.17, 15) is 14.9 Å². The van der Waals surface area contributed by atoms with Crippen LogP contribution in [0, 0.1) is 24.0 Å². The van der Waals surface area contributed by atoms with Crippen molar-refractivity contribution in [3.8, 4) is 0 Å². The normalized spacial score (nSPS) is 11.0. The smallest absolute Gasteiger partial charge is 0.408 e. The van der Waals surface area contributed by atoms with Crippen LogP contribution in [-0.2, 0) is 6.54 Å². The van der Waals surface area contributed by atoms with Crippen molar-refractivity contribution in [2.45, 2.75) is 20.4 Å². The van der Waals surface area contributed by atoms with Crippen LogP contribution in [0.5, 0.6) is 0 Å². The Morgan fingerprint density at radius 1 is 1.14 bits per heavy atom. The van der Waals surface area contributed by atoms with Crippen LogP contribution in [0.1, 0.15) is 16.7 Å². The molecule has 0 N–H and O–H groups in total. The van der Waals surface area contributed by atoms with Crippen molar-refractivity contribution in [1.82, 2.24) is 4.57 Å². The van der Waals surface area contributed by atoms with Gasteiger partial charge in [-0.2, -0.15) is 0 Å². The number of aromatic nitrogens is 1. The number of fused-ring (bicyclic) bond motifs is 1. The minimum absolute atomic E-state index is 0.0672. The summed E-state index contributed by atoms with van der Waals surface area (Å²) in [6.45, 7) is 4.28. The number of rotatable bonds is 3. The molecule has 0 aliphatic rings. The van der Waals surface area contributed by atoms with E-state index in [1.807, 2.05) is 32.0 Å². The molecule has 0 aliphatic carbocycles. The predicted molar refractivity (Wildman–Crippen MR) is 82.1 cm³/mol. The summed E-state index contributed by atoms with van der Waals surface area (Å²) in [5, 5.41) is 10.9. The number of oxazole rings is 1. The van der Waals surface area contributed by atoms with Gasteiger partial charge in [-0.25, -0.2) is 4.79 Å². The molecule has 1 aromatic heterocycles. The van der Waals surface area contributed by atoms with Crippen LogP contribution in [0.15, 0.2) is 45.6 Å². The number of nitro groups is 1. The third-order valence-electron chi connectivity index (χ3n) is 3.48. The van der Waals surface area contributed by atoms with Gasteiger partial charge in [0.1, 0.15) is 0 Å². The van der Waals surface area contributed by atoms with Gasteiger partial charge in [0.05, 0.1) is 17.0 Å². The Morgan fingerprint density at radius 3 is 2.45 bits per heavy atom. The van der Waals surface area contributed by atoms with E-state index in [1.54, 1.807) is 0 Å². The summed E-state index contributed by atoms with van der Waals surface area (Å²) in [5.41, 5.74) is 3.86. The molecule has 0 saturated carbocycles. The number of hydrogen-bond donors (Lipinski definition) is 0. The highest BCUT2D eigenvalue weighted by Crippen LogP contribution is 2.21. The maximum Gasteiger partial charge on any atom is 0.420 e. The van der Waals surface area contributed by atoms with Crippen molar-refractivity contribution in [3.63, 3.8) is 0 Å². The first kappa shape index (κ1) is 14.1. The molecule has 2 aromatic carbocycles. The van der Waals surface area contributed by atoms with Crippen molar-refractivity contribution >= 4 is 16.8 Å². The Hall–Kier alpha value is -2.89. The number of aryl methyl sites for hydroxylation is 2. The number of benzene rings is 2. The van der Waals surface area contributed by atoms with Gasteiger partial charge >= 0.3 is 5.76 Å². The minimum atomic E-state index is -0.519. The van der Waals surface area contributed by atoms with Gasteiger partial charge in [0.15, 0.2) is 5.58 Å². The quantitative estimate of drug-likeness (QED) is 0.549. The van der Waals surface area contributed by atoms with Gasteiger partial charge in [0, 0.05) is 12.1 Å². The number of non-ortho nitro benzene ring substituents is 1. The highest BCUT2D eigenvalue weighted by molar-refractivity contribution is 5.76. The molecule has 3 aromatic rings. The van der Waals surface area contributed by atoms with Crippen LogP contribution < -0.4 is 5.76 Å². The second-order valence-corrected chi connectivity index (χ2v) is 5.36. The SMILES string of the molecule is Cc1cc(C)cc(Cn2c(=O)oc3ccc([N+](=O)[O-])cc32)c1. The van der Waals surface area contributed by atoms with E-state index in [2.05, 4.69) is 0 Å². The maximum absolute atomic E-state index is 12.0. The number of nitrogens with zero attached hydrogens (tertiary/aromatic N) is 2. The predicted octanol–water partition coefficient (Wildman–Crippen LogP) is 3.17. The van der Waals surface area contributed by atoms with E-state index < -0.39 is 10.7 Å². The Labute approximate surface area is 125 Å². The summed E-state index contributed by atoms with van der Waals surface area (Å²) in [7, 11) is 0. The van der Waals surface area contributed by atoms with Gasteiger partial charge in [0.2, 0.25) is 0 Å². The molecule has 0 saturated heterocycles. The van der Waals surface area contributed by atoms with E-state index in [-0.39, 0.29) is 5.69 Å². The molecule has 22 heavy (non-hydrogen) atoms. The number of hydrogen-bond acceptors (Lipinski definition) is 4. The van der Waals surface area contributed by atoms with Gasteiger partial charge in [-0.15, -0.1) is 0 Å². The van der Waals surface area contributed by atoms with Crippen LogP contribution in [0.2, 0.25) is 0 Å². The summed E-state index contributed by atoms with van der Waals surface area (Å²) in [6, 6.07) is 10.2. The van der Waals surface area contributed by atoms with E-state index in [1.165, 1.54) is 22.8 Å². The summed E-state index contributed by atoms with van der Waals surface area (Å²) in [6.07, 6.45) is 0. The zero-order valence-corrected chi connectivity index (χ0v) is 12.2. The Kier molecular flexibility index (Phi) is 3.29. The molecule has 0 amide bonds. The average Bonchev–Trinajstić information content (AvgIpc) is 2.73. The van der Waals surface area contributed by atoms with Crippen LogP contribution >= 0.6 is 0 Å².